The van der Waals surface area contributed by atoms with Crippen molar-refractivity contribution in [1.29, 1.82) is 0 Å². The molecule has 0 heterocycles. The first kappa shape index (κ1) is 24.2. The number of hydrogen-bond donors (Lipinski definition) is 0. The topological polar surface area (TPSA) is 26.3 Å². The third-order valence-electron chi connectivity index (χ3n) is 5.95. The van der Waals surface area contributed by atoms with Gasteiger partial charge in [0.1, 0.15) is 12.4 Å². The minimum Gasteiger partial charge on any atom is -0.488 e. The molecule has 0 saturated heterocycles. The van der Waals surface area contributed by atoms with Crippen LogP contribution in [0, 0.1) is 20.8 Å². The van der Waals surface area contributed by atoms with E-state index in [1.807, 2.05) is 31.2 Å². The Bertz CT molecular complexity index is 1090. The summed E-state index contributed by atoms with van der Waals surface area (Å²) in [5.74, 6) is 1.12. The second-order valence-corrected chi connectivity index (χ2v) is 10.9. The third-order valence-corrected chi connectivity index (χ3v) is 7.73. The molecule has 0 spiro atoms. The summed E-state index contributed by atoms with van der Waals surface area (Å²) < 4.78 is 6.47. The summed E-state index contributed by atoms with van der Waals surface area (Å²) in [6, 6.07) is 21.1. The molecule has 32 heavy (non-hydrogen) atoms. The normalized spacial score (nSPS) is 13.3. The van der Waals surface area contributed by atoms with Crippen molar-refractivity contribution in [3.05, 3.63) is 94.0 Å². The number of aryl methyl sites for hydroxylation is 3. The molecule has 0 amide bonds. The Hall–Kier alpha value is -2.44. The van der Waals surface area contributed by atoms with Crippen LogP contribution in [0.5, 0.6) is 5.75 Å². The monoisotopic (exact) mass is 446 g/mol. The fourth-order valence-electron chi connectivity index (χ4n) is 4.41. The van der Waals surface area contributed by atoms with E-state index in [9.17, 15) is 4.79 Å². The molecule has 0 saturated carbocycles. The highest BCUT2D eigenvalue weighted by Crippen LogP contribution is 2.49. The van der Waals surface area contributed by atoms with Gasteiger partial charge in [0.15, 0.2) is 5.78 Å². The Morgan fingerprint density at radius 3 is 2.34 bits per heavy atom. The lowest BCUT2D eigenvalue weighted by Gasteiger charge is -2.33. The number of carbonyl (C=O) groups excluding carboxylic acids is 1. The molecule has 0 N–H and O–H groups in total. The van der Waals surface area contributed by atoms with Gasteiger partial charge in [-0.25, -0.2) is 0 Å². The van der Waals surface area contributed by atoms with E-state index in [0.29, 0.717) is 15.2 Å². The van der Waals surface area contributed by atoms with Crippen LogP contribution in [0.2, 0.25) is 0 Å². The van der Waals surface area contributed by atoms with Gasteiger partial charge < -0.3 is 4.74 Å². The fraction of sp³-hybridized carbons (Fsp3) is 0.345. The maximum atomic E-state index is 12.4. The van der Waals surface area contributed by atoms with Crippen LogP contribution in [-0.4, -0.2) is 5.78 Å². The summed E-state index contributed by atoms with van der Waals surface area (Å²) in [5.41, 5.74) is 6.80. The van der Waals surface area contributed by atoms with Crippen LogP contribution in [0.3, 0.4) is 0 Å². The SMILES string of the molecule is CCCC(C)(Pc1ccc(C)cc1C(C)=O)c1cc(C)cc(C)c1OCc1ccccc1. The Kier molecular flexibility index (Phi) is 7.91. The lowest BCUT2D eigenvalue weighted by atomic mass is 9.91. The van der Waals surface area contributed by atoms with Crippen LogP contribution in [-0.2, 0) is 11.8 Å². The number of ketones is 1. The Morgan fingerprint density at radius 2 is 1.69 bits per heavy atom. The second-order valence-electron chi connectivity index (χ2n) is 9.05. The van der Waals surface area contributed by atoms with Gasteiger partial charge in [-0.05, 0) is 56.6 Å². The largest absolute Gasteiger partial charge is 0.488 e. The van der Waals surface area contributed by atoms with E-state index in [1.54, 1.807) is 6.92 Å². The fourth-order valence-corrected chi connectivity index (χ4v) is 6.25. The number of hydrogen-bond acceptors (Lipinski definition) is 2. The van der Waals surface area contributed by atoms with Gasteiger partial charge in [0.05, 0.1) is 0 Å². The molecule has 0 fully saturated rings. The van der Waals surface area contributed by atoms with Crippen LogP contribution in [0.4, 0.5) is 0 Å². The molecule has 0 bridgehead atoms. The molecular formula is C29H35O2P. The highest BCUT2D eigenvalue weighted by Gasteiger charge is 2.32. The molecule has 0 aliphatic rings. The Labute approximate surface area is 195 Å². The summed E-state index contributed by atoms with van der Waals surface area (Å²) in [5, 5.41) is 1.03. The van der Waals surface area contributed by atoms with Crippen LogP contribution >= 0.6 is 8.58 Å². The zero-order valence-electron chi connectivity index (χ0n) is 20.2. The van der Waals surface area contributed by atoms with Gasteiger partial charge in [-0.15, -0.1) is 0 Å². The molecule has 2 atom stereocenters. The summed E-state index contributed by atoms with van der Waals surface area (Å²) in [4.78, 5) is 12.4. The lowest BCUT2D eigenvalue weighted by molar-refractivity contribution is 0.101. The standard InChI is InChI=1S/C29H35O2P/c1-7-15-29(6,32-27-14-13-20(2)17-25(27)23(5)30)26-18-21(3)16-22(4)28(26)31-19-24-11-9-8-10-12-24/h8-14,16-18,32H,7,15,19H2,1-6H3. The summed E-state index contributed by atoms with van der Waals surface area (Å²) >= 11 is 0. The highest BCUT2D eigenvalue weighted by atomic mass is 31.1. The molecule has 2 nitrogen and oxygen atoms in total. The second kappa shape index (κ2) is 10.5. The minimum atomic E-state index is -0.114. The van der Waals surface area contributed by atoms with Crippen molar-refractivity contribution in [3.8, 4) is 5.75 Å². The van der Waals surface area contributed by atoms with Gasteiger partial charge >= 0.3 is 0 Å². The average Bonchev–Trinajstić information content (AvgIpc) is 2.74. The maximum absolute atomic E-state index is 12.4. The van der Waals surface area contributed by atoms with Crippen LogP contribution in [0.15, 0.2) is 60.7 Å². The number of carbonyl (C=O) groups is 1. The van der Waals surface area contributed by atoms with E-state index in [1.165, 1.54) is 16.7 Å². The van der Waals surface area contributed by atoms with Gasteiger partial charge in [0.2, 0.25) is 0 Å². The molecule has 0 radical (unpaired) electrons. The number of rotatable bonds is 9. The molecule has 3 heteroatoms. The maximum Gasteiger partial charge on any atom is 0.160 e. The smallest absolute Gasteiger partial charge is 0.160 e. The van der Waals surface area contributed by atoms with E-state index in [-0.39, 0.29) is 10.9 Å². The number of benzene rings is 3. The first-order valence-corrected chi connectivity index (χ1v) is 12.4. The minimum absolute atomic E-state index is 0.114. The number of ether oxygens (including phenoxy) is 1. The van der Waals surface area contributed by atoms with Crippen molar-refractivity contribution in [2.75, 3.05) is 0 Å². The molecule has 3 rings (SSSR count). The van der Waals surface area contributed by atoms with Crippen LogP contribution in [0.25, 0.3) is 0 Å². The first-order chi connectivity index (χ1) is 15.2. The van der Waals surface area contributed by atoms with Crippen LogP contribution < -0.4 is 10.0 Å². The summed E-state index contributed by atoms with van der Waals surface area (Å²) in [6.07, 6.45) is 2.09. The van der Waals surface area contributed by atoms with E-state index < -0.39 is 0 Å². The van der Waals surface area contributed by atoms with Gasteiger partial charge in [-0.1, -0.05) is 94.6 Å². The number of Topliss-reactive ketones (excluding diaryl/α,β-unsaturated/α-hetero) is 1. The zero-order chi connectivity index (χ0) is 23.3. The zero-order valence-corrected chi connectivity index (χ0v) is 21.2. The quantitative estimate of drug-likeness (QED) is 0.253. The molecule has 168 valence electrons. The van der Waals surface area contributed by atoms with Crippen molar-refractivity contribution < 1.29 is 9.53 Å². The molecule has 3 aromatic rings. The van der Waals surface area contributed by atoms with E-state index in [2.05, 4.69) is 64.1 Å². The predicted octanol–water partition coefficient (Wildman–Crippen LogP) is 7.41. The Balaban J connectivity index is 2.06. The van der Waals surface area contributed by atoms with E-state index in [4.69, 9.17) is 4.74 Å². The average molecular weight is 447 g/mol. The van der Waals surface area contributed by atoms with E-state index >= 15 is 0 Å². The molecule has 2 unspecified atom stereocenters. The molecule has 0 aliphatic carbocycles. The lowest BCUT2D eigenvalue weighted by Crippen LogP contribution is -2.23. The predicted molar refractivity (Wildman–Crippen MR) is 138 cm³/mol. The van der Waals surface area contributed by atoms with E-state index in [0.717, 1.165) is 40.6 Å². The van der Waals surface area contributed by atoms with Gasteiger partial charge in [0, 0.05) is 16.3 Å². The molecule has 0 aliphatic heterocycles. The van der Waals surface area contributed by atoms with Crippen molar-refractivity contribution >= 4 is 19.7 Å². The molecular weight excluding hydrogens is 411 g/mol. The highest BCUT2D eigenvalue weighted by molar-refractivity contribution is 7.48. The van der Waals surface area contributed by atoms with Crippen molar-refractivity contribution in [2.24, 2.45) is 0 Å². The van der Waals surface area contributed by atoms with Gasteiger partial charge in [-0.3, -0.25) is 4.79 Å². The summed E-state index contributed by atoms with van der Waals surface area (Å²) in [6.45, 7) is 13.1. The van der Waals surface area contributed by atoms with Crippen molar-refractivity contribution in [2.45, 2.75) is 66.1 Å². The third kappa shape index (κ3) is 5.67. The van der Waals surface area contributed by atoms with Crippen molar-refractivity contribution in [1.82, 2.24) is 0 Å². The molecule has 3 aromatic carbocycles. The molecule has 0 aromatic heterocycles. The summed E-state index contributed by atoms with van der Waals surface area (Å²) in [7, 11) is 0.480. The van der Waals surface area contributed by atoms with Crippen molar-refractivity contribution in [3.63, 3.8) is 0 Å². The van der Waals surface area contributed by atoms with Gasteiger partial charge in [-0.2, -0.15) is 0 Å². The Morgan fingerprint density at radius 1 is 0.969 bits per heavy atom. The van der Waals surface area contributed by atoms with Gasteiger partial charge in [0.25, 0.3) is 0 Å². The first-order valence-electron chi connectivity index (χ1n) is 11.4. The van der Waals surface area contributed by atoms with Crippen LogP contribution in [0.1, 0.15) is 71.8 Å².